The first-order valence-corrected chi connectivity index (χ1v) is 11.1. The molecule has 1 aliphatic heterocycles. The van der Waals surface area contributed by atoms with Crippen molar-refractivity contribution in [1.82, 2.24) is 9.88 Å². The van der Waals surface area contributed by atoms with E-state index in [2.05, 4.69) is 4.98 Å². The Balaban J connectivity index is 1.35. The van der Waals surface area contributed by atoms with Gasteiger partial charge in [-0.2, -0.15) is 0 Å². The van der Waals surface area contributed by atoms with Crippen molar-refractivity contribution in [3.8, 4) is 16.9 Å². The zero-order valence-corrected chi connectivity index (χ0v) is 18.1. The van der Waals surface area contributed by atoms with Gasteiger partial charge in [-0.25, -0.2) is 4.79 Å². The predicted molar refractivity (Wildman–Crippen MR) is 126 cm³/mol. The van der Waals surface area contributed by atoms with Crippen LogP contribution >= 0.6 is 0 Å². The average molecular weight is 440 g/mol. The van der Waals surface area contributed by atoms with Crippen molar-refractivity contribution in [2.45, 2.75) is 25.3 Å². The quantitative estimate of drug-likeness (QED) is 0.409. The number of benzene rings is 2. The van der Waals surface area contributed by atoms with E-state index < -0.39 is 5.63 Å². The van der Waals surface area contributed by atoms with E-state index in [9.17, 15) is 9.59 Å². The Kier molecular flexibility index (Phi) is 5.89. The Bertz CT molecular complexity index is 1320. The normalized spacial score (nSPS) is 16.0. The van der Waals surface area contributed by atoms with Crippen LogP contribution in [0.1, 0.15) is 30.9 Å². The SMILES string of the molecule is O=C(COc1ccc2c(-c3ccccc3)cc(=O)oc2c1)N1CCCCC1c1cccnc1. The molecular weight excluding hydrogens is 416 g/mol. The van der Waals surface area contributed by atoms with Crippen LogP contribution in [0.5, 0.6) is 5.75 Å². The number of carbonyl (C=O) groups excluding carboxylic acids is 1. The fourth-order valence-corrected chi connectivity index (χ4v) is 4.47. The molecule has 0 N–H and O–H groups in total. The lowest BCUT2D eigenvalue weighted by atomic mass is 9.96. The van der Waals surface area contributed by atoms with E-state index in [0.717, 1.165) is 41.3 Å². The molecule has 2 aromatic carbocycles. The summed E-state index contributed by atoms with van der Waals surface area (Å²) in [6.07, 6.45) is 6.54. The lowest BCUT2D eigenvalue weighted by molar-refractivity contribution is -0.137. The summed E-state index contributed by atoms with van der Waals surface area (Å²) in [5, 5.41) is 0.812. The van der Waals surface area contributed by atoms with Crippen LogP contribution in [0.15, 0.2) is 88.3 Å². The van der Waals surface area contributed by atoms with Crippen LogP contribution in [0, 0.1) is 0 Å². The van der Waals surface area contributed by atoms with Gasteiger partial charge in [0.2, 0.25) is 0 Å². The second-order valence-electron chi connectivity index (χ2n) is 8.18. The summed E-state index contributed by atoms with van der Waals surface area (Å²) in [6.45, 7) is 0.625. The minimum absolute atomic E-state index is 0.0200. The third-order valence-electron chi connectivity index (χ3n) is 6.06. The van der Waals surface area contributed by atoms with E-state index in [1.165, 1.54) is 6.07 Å². The molecule has 0 saturated carbocycles. The van der Waals surface area contributed by atoms with Crippen LogP contribution in [0.2, 0.25) is 0 Å². The molecule has 5 rings (SSSR count). The molecule has 2 aromatic heterocycles. The summed E-state index contributed by atoms with van der Waals surface area (Å²) >= 11 is 0. The molecule has 6 nitrogen and oxygen atoms in total. The zero-order valence-electron chi connectivity index (χ0n) is 18.1. The number of nitrogens with zero attached hydrogens (tertiary/aromatic N) is 2. The summed E-state index contributed by atoms with van der Waals surface area (Å²) in [5.41, 5.74) is 2.79. The Morgan fingerprint density at radius 3 is 2.76 bits per heavy atom. The maximum Gasteiger partial charge on any atom is 0.336 e. The van der Waals surface area contributed by atoms with Crippen molar-refractivity contribution < 1.29 is 13.9 Å². The number of amides is 1. The summed E-state index contributed by atoms with van der Waals surface area (Å²) in [4.78, 5) is 31.3. The molecule has 1 fully saturated rings. The highest BCUT2D eigenvalue weighted by Crippen LogP contribution is 2.32. The third kappa shape index (κ3) is 4.51. The monoisotopic (exact) mass is 440 g/mol. The number of carbonyl (C=O) groups is 1. The second-order valence-corrected chi connectivity index (χ2v) is 8.18. The molecule has 0 aliphatic carbocycles. The molecule has 0 radical (unpaired) electrons. The van der Waals surface area contributed by atoms with Gasteiger partial charge in [0.1, 0.15) is 11.3 Å². The van der Waals surface area contributed by atoms with Crippen molar-refractivity contribution in [2.75, 3.05) is 13.2 Å². The van der Waals surface area contributed by atoms with Crippen molar-refractivity contribution >= 4 is 16.9 Å². The molecule has 166 valence electrons. The third-order valence-corrected chi connectivity index (χ3v) is 6.06. The van der Waals surface area contributed by atoms with Gasteiger partial charge in [-0.1, -0.05) is 36.4 Å². The highest BCUT2D eigenvalue weighted by Gasteiger charge is 2.28. The van der Waals surface area contributed by atoms with E-state index in [4.69, 9.17) is 9.15 Å². The molecule has 1 atom stereocenters. The van der Waals surface area contributed by atoms with Gasteiger partial charge < -0.3 is 14.1 Å². The molecule has 1 unspecified atom stereocenters. The second kappa shape index (κ2) is 9.28. The van der Waals surface area contributed by atoms with E-state index in [1.807, 2.05) is 59.6 Å². The van der Waals surface area contributed by atoms with Crippen LogP contribution in [0.3, 0.4) is 0 Å². The smallest absolute Gasteiger partial charge is 0.336 e. The maximum atomic E-state index is 13.0. The van der Waals surface area contributed by atoms with Crippen LogP contribution in [-0.2, 0) is 4.79 Å². The van der Waals surface area contributed by atoms with Crippen LogP contribution in [0.4, 0.5) is 0 Å². The largest absolute Gasteiger partial charge is 0.484 e. The van der Waals surface area contributed by atoms with Crippen LogP contribution in [-0.4, -0.2) is 28.9 Å². The lowest BCUT2D eigenvalue weighted by Gasteiger charge is -2.35. The molecular formula is C27H24N2O4. The topological polar surface area (TPSA) is 72.6 Å². The molecule has 0 spiro atoms. The zero-order chi connectivity index (χ0) is 22.6. The first-order valence-electron chi connectivity index (χ1n) is 11.1. The van der Waals surface area contributed by atoms with Gasteiger partial charge in [0.25, 0.3) is 5.91 Å². The molecule has 1 amide bonds. The van der Waals surface area contributed by atoms with Crippen LogP contribution in [0.25, 0.3) is 22.1 Å². The molecule has 6 heteroatoms. The van der Waals surface area contributed by atoms with E-state index in [-0.39, 0.29) is 18.6 Å². The number of aromatic nitrogens is 1. The van der Waals surface area contributed by atoms with Crippen molar-refractivity contribution in [1.29, 1.82) is 0 Å². The minimum Gasteiger partial charge on any atom is -0.484 e. The Morgan fingerprint density at radius 1 is 1.06 bits per heavy atom. The van der Waals surface area contributed by atoms with Gasteiger partial charge in [-0.05, 0) is 54.2 Å². The van der Waals surface area contributed by atoms with Gasteiger partial charge in [0.15, 0.2) is 6.61 Å². The van der Waals surface area contributed by atoms with Gasteiger partial charge in [0, 0.05) is 36.5 Å². The maximum absolute atomic E-state index is 13.0. The van der Waals surface area contributed by atoms with Crippen molar-refractivity contribution in [3.63, 3.8) is 0 Å². The van der Waals surface area contributed by atoms with Gasteiger partial charge in [-0.15, -0.1) is 0 Å². The van der Waals surface area contributed by atoms with Crippen LogP contribution < -0.4 is 10.4 Å². The van der Waals surface area contributed by atoms with E-state index in [0.29, 0.717) is 17.9 Å². The number of pyridine rings is 1. The number of piperidine rings is 1. The molecule has 0 bridgehead atoms. The molecule has 3 heterocycles. The van der Waals surface area contributed by atoms with Crippen molar-refractivity contribution in [3.05, 3.63) is 95.1 Å². The molecule has 1 saturated heterocycles. The highest BCUT2D eigenvalue weighted by atomic mass is 16.5. The number of rotatable bonds is 5. The number of likely N-dealkylation sites (tertiary alicyclic amines) is 1. The van der Waals surface area contributed by atoms with Crippen molar-refractivity contribution in [2.24, 2.45) is 0 Å². The Hall–Kier alpha value is -3.93. The molecule has 1 aliphatic rings. The number of ether oxygens (including phenoxy) is 1. The number of fused-ring (bicyclic) bond motifs is 1. The predicted octanol–water partition coefficient (Wildman–Crippen LogP) is 4.99. The fourth-order valence-electron chi connectivity index (χ4n) is 4.47. The summed E-state index contributed by atoms with van der Waals surface area (Å²) < 4.78 is 11.3. The summed E-state index contributed by atoms with van der Waals surface area (Å²) in [7, 11) is 0. The highest BCUT2D eigenvalue weighted by molar-refractivity contribution is 5.93. The standard InChI is InChI=1S/C27H24N2O4/c30-26(29-14-5-4-10-24(29)20-9-6-13-28-17-20)18-32-21-11-12-22-23(19-7-2-1-3-8-19)16-27(31)33-25(22)15-21/h1-3,6-9,11-13,15-17,24H,4-5,10,14,18H2. The minimum atomic E-state index is -0.429. The Labute approximate surface area is 191 Å². The molecule has 4 aromatic rings. The Morgan fingerprint density at radius 2 is 1.94 bits per heavy atom. The first-order chi connectivity index (χ1) is 16.2. The van der Waals surface area contributed by atoms with E-state index >= 15 is 0 Å². The van der Waals surface area contributed by atoms with Gasteiger partial charge in [-0.3, -0.25) is 9.78 Å². The van der Waals surface area contributed by atoms with Gasteiger partial charge >= 0.3 is 5.63 Å². The summed E-state index contributed by atoms with van der Waals surface area (Å²) in [6, 6.07) is 20.5. The lowest BCUT2D eigenvalue weighted by Crippen LogP contribution is -2.41. The fraction of sp³-hybridized carbons (Fsp3) is 0.222. The summed E-state index contributed by atoms with van der Waals surface area (Å²) in [5.74, 6) is 0.419. The molecule has 33 heavy (non-hydrogen) atoms. The first kappa shape index (κ1) is 20.9. The van der Waals surface area contributed by atoms with E-state index in [1.54, 1.807) is 18.3 Å². The van der Waals surface area contributed by atoms with Gasteiger partial charge in [0.05, 0.1) is 6.04 Å². The number of hydrogen-bond acceptors (Lipinski definition) is 5. The average Bonchev–Trinajstić information content (AvgIpc) is 2.87. The number of hydrogen-bond donors (Lipinski definition) is 0.